The molecule has 100 valence electrons. The number of hydrogen-bond donors (Lipinski definition) is 1. The molecular weight excluding hydrogens is 306 g/mol. The van der Waals surface area contributed by atoms with Crippen molar-refractivity contribution in [2.45, 2.75) is 6.54 Å². The molecule has 0 aromatic heterocycles. The lowest BCUT2D eigenvalue weighted by molar-refractivity contribution is 0.217. The predicted molar refractivity (Wildman–Crippen MR) is 79.5 cm³/mol. The van der Waals surface area contributed by atoms with Gasteiger partial charge in [-0.15, -0.1) is 0 Å². The smallest absolute Gasteiger partial charge is 0.122 e. The quantitative estimate of drug-likeness (QED) is 0.830. The van der Waals surface area contributed by atoms with Crippen molar-refractivity contribution in [1.29, 1.82) is 0 Å². The number of benzene rings is 2. The van der Waals surface area contributed by atoms with E-state index in [-0.39, 0.29) is 0 Å². The summed E-state index contributed by atoms with van der Waals surface area (Å²) in [6, 6.07) is 15.5. The molecule has 4 heteroatoms. The molecule has 0 saturated heterocycles. The molecular formula is C15H16BrNO2. The van der Waals surface area contributed by atoms with E-state index in [2.05, 4.69) is 15.9 Å². The van der Waals surface area contributed by atoms with Crippen LogP contribution in [0.5, 0.6) is 11.5 Å². The normalized spacial score (nSPS) is 10.2. The summed E-state index contributed by atoms with van der Waals surface area (Å²) >= 11 is 3.43. The fourth-order valence-corrected chi connectivity index (χ4v) is 2.18. The highest BCUT2D eigenvalue weighted by atomic mass is 79.9. The highest BCUT2D eigenvalue weighted by Crippen LogP contribution is 2.21. The van der Waals surface area contributed by atoms with Gasteiger partial charge in [0.05, 0.1) is 0 Å². The maximum absolute atomic E-state index is 5.64. The van der Waals surface area contributed by atoms with Crippen LogP contribution in [0.2, 0.25) is 0 Å². The Bertz CT molecular complexity index is 517. The van der Waals surface area contributed by atoms with Crippen molar-refractivity contribution in [2.24, 2.45) is 5.73 Å². The summed E-state index contributed by atoms with van der Waals surface area (Å²) in [5, 5.41) is 0. The molecule has 0 fully saturated rings. The number of halogens is 1. The van der Waals surface area contributed by atoms with E-state index in [0.717, 1.165) is 21.5 Å². The Balaban J connectivity index is 1.81. The van der Waals surface area contributed by atoms with Gasteiger partial charge >= 0.3 is 0 Å². The first-order chi connectivity index (χ1) is 9.28. The first kappa shape index (κ1) is 13.9. The summed E-state index contributed by atoms with van der Waals surface area (Å²) in [5.41, 5.74) is 6.65. The average Bonchev–Trinajstić information content (AvgIpc) is 2.44. The Hall–Kier alpha value is -1.52. The van der Waals surface area contributed by atoms with Crippen molar-refractivity contribution in [3.63, 3.8) is 0 Å². The second-order valence-corrected chi connectivity index (χ2v) is 4.92. The van der Waals surface area contributed by atoms with Crippen LogP contribution in [-0.4, -0.2) is 13.2 Å². The first-order valence-electron chi connectivity index (χ1n) is 6.08. The Kier molecular flexibility index (Phi) is 5.24. The van der Waals surface area contributed by atoms with E-state index in [0.29, 0.717) is 19.8 Å². The van der Waals surface area contributed by atoms with Crippen LogP contribution < -0.4 is 15.2 Å². The molecule has 0 atom stereocenters. The van der Waals surface area contributed by atoms with Crippen LogP contribution in [0.25, 0.3) is 0 Å². The first-order valence-corrected chi connectivity index (χ1v) is 6.87. The number of rotatable bonds is 6. The van der Waals surface area contributed by atoms with Crippen LogP contribution in [0.1, 0.15) is 5.56 Å². The van der Waals surface area contributed by atoms with Crippen molar-refractivity contribution in [1.82, 2.24) is 0 Å². The monoisotopic (exact) mass is 321 g/mol. The SMILES string of the molecule is NCc1cc(Br)cc(OCCOc2ccccc2)c1. The van der Waals surface area contributed by atoms with Gasteiger partial charge in [0, 0.05) is 11.0 Å². The van der Waals surface area contributed by atoms with Crippen LogP contribution in [0.3, 0.4) is 0 Å². The summed E-state index contributed by atoms with van der Waals surface area (Å²) in [7, 11) is 0. The molecule has 3 nitrogen and oxygen atoms in total. The summed E-state index contributed by atoms with van der Waals surface area (Å²) in [6.45, 7) is 1.50. The Morgan fingerprint density at radius 2 is 1.58 bits per heavy atom. The molecule has 0 bridgehead atoms. The van der Waals surface area contributed by atoms with Gasteiger partial charge in [-0.3, -0.25) is 0 Å². The largest absolute Gasteiger partial charge is 0.490 e. The van der Waals surface area contributed by atoms with E-state index in [4.69, 9.17) is 15.2 Å². The molecule has 0 aliphatic rings. The molecule has 0 amide bonds. The van der Waals surface area contributed by atoms with Gasteiger partial charge in [-0.2, -0.15) is 0 Å². The lowest BCUT2D eigenvalue weighted by Gasteiger charge is -2.09. The van der Waals surface area contributed by atoms with Crippen molar-refractivity contribution >= 4 is 15.9 Å². The van der Waals surface area contributed by atoms with E-state index in [1.54, 1.807) is 0 Å². The lowest BCUT2D eigenvalue weighted by atomic mass is 10.2. The van der Waals surface area contributed by atoms with E-state index in [1.807, 2.05) is 48.5 Å². The molecule has 0 saturated carbocycles. The molecule has 0 aliphatic heterocycles. The minimum atomic E-state index is 0.495. The zero-order valence-electron chi connectivity index (χ0n) is 10.5. The molecule has 2 rings (SSSR count). The fraction of sp³-hybridized carbons (Fsp3) is 0.200. The second kappa shape index (κ2) is 7.16. The topological polar surface area (TPSA) is 44.5 Å². The minimum Gasteiger partial charge on any atom is -0.490 e. The van der Waals surface area contributed by atoms with E-state index < -0.39 is 0 Å². The van der Waals surface area contributed by atoms with Gasteiger partial charge in [0.1, 0.15) is 24.7 Å². The summed E-state index contributed by atoms with van der Waals surface area (Å²) < 4.78 is 12.2. The average molecular weight is 322 g/mol. The van der Waals surface area contributed by atoms with Gasteiger partial charge in [0.2, 0.25) is 0 Å². The van der Waals surface area contributed by atoms with E-state index >= 15 is 0 Å². The highest BCUT2D eigenvalue weighted by molar-refractivity contribution is 9.10. The Morgan fingerprint density at radius 3 is 2.26 bits per heavy atom. The number of hydrogen-bond acceptors (Lipinski definition) is 3. The van der Waals surface area contributed by atoms with E-state index in [1.165, 1.54) is 0 Å². The molecule has 19 heavy (non-hydrogen) atoms. The van der Waals surface area contributed by atoms with Gasteiger partial charge in [0.25, 0.3) is 0 Å². The third-order valence-corrected chi connectivity index (χ3v) is 2.99. The molecule has 0 unspecified atom stereocenters. The zero-order chi connectivity index (χ0) is 13.5. The standard InChI is InChI=1S/C15H16BrNO2/c16-13-8-12(11-17)9-15(10-13)19-7-6-18-14-4-2-1-3-5-14/h1-5,8-10H,6-7,11,17H2. The number of nitrogens with two attached hydrogens (primary N) is 1. The van der Waals surface area contributed by atoms with Crippen LogP contribution in [0.4, 0.5) is 0 Å². The zero-order valence-corrected chi connectivity index (χ0v) is 12.1. The third kappa shape index (κ3) is 4.58. The van der Waals surface area contributed by atoms with Gasteiger partial charge in [0.15, 0.2) is 0 Å². The Labute approximate surface area is 121 Å². The van der Waals surface area contributed by atoms with Gasteiger partial charge in [-0.1, -0.05) is 34.1 Å². The molecule has 0 heterocycles. The molecule has 0 radical (unpaired) electrons. The van der Waals surface area contributed by atoms with Crippen LogP contribution in [-0.2, 0) is 6.54 Å². The van der Waals surface area contributed by atoms with Crippen molar-refractivity contribution in [3.05, 3.63) is 58.6 Å². The van der Waals surface area contributed by atoms with Crippen molar-refractivity contribution in [2.75, 3.05) is 13.2 Å². The fourth-order valence-electron chi connectivity index (χ4n) is 1.66. The molecule has 0 spiro atoms. The van der Waals surface area contributed by atoms with Crippen LogP contribution >= 0.6 is 15.9 Å². The highest BCUT2D eigenvalue weighted by Gasteiger charge is 2.00. The minimum absolute atomic E-state index is 0.495. The molecule has 0 aliphatic carbocycles. The summed E-state index contributed by atoms with van der Waals surface area (Å²) in [4.78, 5) is 0. The summed E-state index contributed by atoms with van der Waals surface area (Å²) in [5.74, 6) is 1.65. The molecule has 2 aromatic carbocycles. The van der Waals surface area contributed by atoms with Crippen molar-refractivity contribution < 1.29 is 9.47 Å². The predicted octanol–water partition coefficient (Wildman–Crippen LogP) is 3.37. The third-order valence-electron chi connectivity index (χ3n) is 2.53. The van der Waals surface area contributed by atoms with Crippen LogP contribution in [0.15, 0.2) is 53.0 Å². The van der Waals surface area contributed by atoms with Gasteiger partial charge in [-0.05, 0) is 35.9 Å². The number of ether oxygens (including phenoxy) is 2. The van der Waals surface area contributed by atoms with Crippen LogP contribution in [0, 0.1) is 0 Å². The molecule has 2 aromatic rings. The van der Waals surface area contributed by atoms with Gasteiger partial charge < -0.3 is 15.2 Å². The number of para-hydroxylation sites is 1. The van der Waals surface area contributed by atoms with E-state index in [9.17, 15) is 0 Å². The van der Waals surface area contributed by atoms with Crippen molar-refractivity contribution in [3.8, 4) is 11.5 Å². The molecule has 2 N–H and O–H groups in total. The lowest BCUT2D eigenvalue weighted by Crippen LogP contribution is -2.09. The second-order valence-electron chi connectivity index (χ2n) is 4.01. The maximum Gasteiger partial charge on any atom is 0.122 e. The maximum atomic E-state index is 5.64. The van der Waals surface area contributed by atoms with Gasteiger partial charge in [-0.25, -0.2) is 0 Å². The summed E-state index contributed by atoms with van der Waals surface area (Å²) in [6.07, 6.45) is 0. The Morgan fingerprint density at radius 1 is 0.895 bits per heavy atom.